The molecule has 4 nitrogen and oxygen atoms in total. The molecule has 2 fully saturated rings. The molecule has 0 aliphatic carbocycles. The minimum Gasteiger partial charge on any atom is -0.352 e. The van der Waals surface area contributed by atoms with Crippen molar-refractivity contribution in [3.05, 3.63) is 35.4 Å². The molecule has 7 heteroatoms. The molecule has 2 saturated heterocycles. The quantitative estimate of drug-likeness (QED) is 0.835. The van der Waals surface area contributed by atoms with Crippen LogP contribution in [0.3, 0.4) is 0 Å². The number of rotatable bonds is 5. The summed E-state index contributed by atoms with van der Waals surface area (Å²) in [6, 6.07) is 4.25. The molecule has 25 heavy (non-hydrogen) atoms. The lowest BCUT2D eigenvalue weighted by Gasteiger charge is -2.33. The predicted molar refractivity (Wildman–Crippen MR) is 96.5 cm³/mol. The van der Waals surface area contributed by atoms with E-state index in [0.29, 0.717) is 13.0 Å². The van der Waals surface area contributed by atoms with Crippen molar-refractivity contribution < 1.29 is 13.6 Å². The van der Waals surface area contributed by atoms with Gasteiger partial charge >= 0.3 is 0 Å². The fraction of sp³-hybridized carbons (Fsp3) is 0.611. The monoisotopic (exact) mass is 369 g/mol. The van der Waals surface area contributed by atoms with Crippen molar-refractivity contribution in [2.75, 3.05) is 31.1 Å². The van der Waals surface area contributed by atoms with Gasteiger partial charge in [-0.25, -0.2) is 8.78 Å². The van der Waals surface area contributed by atoms with E-state index < -0.39 is 11.6 Å². The Morgan fingerprint density at radius 3 is 2.88 bits per heavy atom. The first-order valence-electron chi connectivity index (χ1n) is 8.87. The van der Waals surface area contributed by atoms with E-state index in [1.165, 1.54) is 18.2 Å². The Balaban J connectivity index is 1.50. The van der Waals surface area contributed by atoms with E-state index in [4.69, 9.17) is 0 Å². The van der Waals surface area contributed by atoms with Gasteiger partial charge in [0.25, 0.3) is 0 Å². The molecule has 2 aliphatic rings. The van der Waals surface area contributed by atoms with Gasteiger partial charge in [-0.1, -0.05) is 6.07 Å². The Hall–Kier alpha value is -1.18. The van der Waals surface area contributed by atoms with E-state index in [9.17, 15) is 13.6 Å². The van der Waals surface area contributed by atoms with Crippen LogP contribution in [-0.4, -0.2) is 54.0 Å². The largest absolute Gasteiger partial charge is 0.352 e. The molecule has 1 aromatic carbocycles. The lowest BCUT2D eigenvalue weighted by molar-refractivity contribution is -0.122. The first kappa shape index (κ1) is 18.6. The molecule has 0 radical (unpaired) electrons. The topological polar surface area (TPSA) is 44.4 Å². The molecule has 2 aliphatic heterocycles. The van der Waals surface area contributed by atoms with Crippen molar-refractivity contribution in [1.29, 1.82) is 0 Å². The predicted octanol–water partition coefficient (Wildman–Crippen LogP) is 2.14. The summed E-state index contributed by atoms with van der Waals surface area (Å²) >= 11 is 1.87. The van der Waals surface area contributed by atoms with Gasteiger partial charge in [0.1, 0.15) is 11.6 Å². The maximum atomic E-state index is 13.8. The number of amides is 1. The third-order valence-electron chi connectivity index (χ3n) is 4.74. The zero-order valence-corrected chi connectivity index (χ0v) is 15.1. The highest BCUT2D eigenvalue weighted by molar-refractivity contribution is 7.99. The summed E-state index contributed by atoms with van der Waals surface area (Å²) in [6.07, 6.45) is 2.32. The minimum atomic E-state index is -0.507. The second kappa shape index (κ2) is 8.96. The molecule has 2 heterocycles. The molecule has 3 rings (SSSR count). The number of halogens is 2. The molecule has 0 spiro atoms. The van der Waals surface area contributed by atoms with Crippen LogP contribution in [0, 0.1) is 11.6 Å². The number of carbonyl (C=O) groups is 1. The Labute approximate surface area is 151 Å². The van der Waals surface area contributed by atoms with Gasteiger partial charge in [0.15, 0.2) is 0 Å². The van der Waals surface area contributed by atoms with Gasteiger partial charge in [-0.3, -0.25) is 9.69 Å². The molecule has 2 N–H and O–H groups in total. The smallest absolute Gasteiger partial charge is 0.221 e. The van der Waals surface area contributed by atoms with Crippen LogP contribution in [0.25, 0.3) is 0 Å². The number of thioether (sulfide) groups is 1. The minimum absolute atomic E-state index is 0.0485. The van der Waals surface area contributed by atoms with E-state index in [-0.39, 0.29) is 30.1 Å². The zero-order valence-electron chi connectivity index (χ0n) is 14.3. The summed E-state index contributed by atoms with van der Waals surface area (Å²) in [6.45, 7) is 2.62. The van der Waals surface area contributed by atoms with Crippen molar-refractivity contribution in [3.8, 4) is 0 Å². The van der Waals surface area contributed by atoms with Crippen molar-refractivity contribution in [3.63, 3.8) is 0 Å². The molecule has 2 atom stereocenters. The van der Waals surface area contributed by atoms with Gasteiger partial charge in [0.2, 0.25) is 5.91 Å². The number of piperidine rings is 1. The van der Waals surface area contributed by atoms with Crippen molar-refractivity contribution in [2.45, 2.75) is 37.9 Å². The molecule has 1 amide bonds. The van der Waals surface area contributed by atoms with Crippen LogP contribution in [0.15, 0.2) is 18.2 Å². The average molecular weight is 369 g/mol. The molecule has 1 aromatic rings. The number of carbonyl (C=O) groups excluding carboxylic acids is 1. The lowest BCUT2D eigenvalue weighted by Crippen LogP contribution is -2.49. The highest BCUT2D eigenvalue weighted by atomic mass is 32.2. The summed E-state index contributed by atoms with van der Waals surface area (Å²) in [5, 5.41) is 6.46. The van der Waals surface area contributed by atoms with Crippen molar-refractivity contribution in [1.82, 2.24) is 15.5 Å². The normalized spacial score (nSPS) is 24.9. The SMILES string of the molecule is O=C(CC1CSCCN1)NC1CCCN(Cc2c(F)cccc2F)C1. The molecule has 0 bridgehead atoms. The van der Waals surface area contributed by atoms with Crippen LogP contribution >= 0.6 is 11.8 Å². The van der Waals surface area contributed by atoms with Crippen LogP contribution in [0.1, 0.15) is 24.8 Å². The van der Waals surface area contributed by atoms with Gasteiger partial charge < -0.3 is 10.6 Å². The molecular weight excluding hydrogens is 344 g/mol. The van der Waals surface area contributed by atoms with Crippen LogP contribution in [0.5, 0.6) is 0 Å². The average Bonchev–Trinajstić information content (AvgIpc) is 2.59. The number of nitrogens with zero attached hydrogens (tertiary/aromatic N) is 1. The number of hydrogen-bond donors (Lipinski definition) is 2. The number of nitrogens with one attached hydrogen (secondary N) is 2. The molecule has 0 aromatic heterocycles. The lowest BCUT2D eigenvalue weighted by atomic mass is 10.0. The second-order valence-electron chi connectivity index (χ2n) is 6.77. The third-order valence-corrected chi connectivity index (χ3v) is 5.88. The van der Waals surface area contributed by atoms with Gasteiger partial charge in [0.05, 0.1) is 0 Å². The van der Waals surface area contributed by atoms with E-state index in [1.807, 2.05) is 16.7 Å². The fourth-order valence-corrected chi connectivity index (χ4v) is 4.43. The Bertz CT molecular complexity index is 575. The third kappa shape index (κ3) is 5.39. The summed E-state index contributed by atoms with van der Waals surface area (Å²) in [7, 11) is 0. The highest BCUT2D eigenvalue weighted by Crippen LogP contribution is 2.18. The van der Waals surface area contributed by atoms with E-state index in [2.05, 4.69) is 10.6 Å². The fourth-order valence-electron chi connectivity index (χ4n) is 3.49. The summed E-state index contributed by atoms with van der Waals surface area (Å²) in [5.74, 6) is 1.11. The maximum absolute atomic E-state index is 13.8. The van der Waals surface area contributed by atoms with Crippen molar-refractivity contribution >= 4 is 17.7 Å². The van der Waals surface area contributed by atoms with Crippen LogP contribution in [-0.2, 0) is 11.3 Å². The van der Waals surface area contributed by atoms with E-state index >= 15 is 0 Å². The molecule has 138 valence electrons. The standard InChI is InChI=1S/C18H25F2N3OS/c19-16-4-1-5-17(20)15(16)11-23-7-2-3-13(10-23)22-18(24)9-14-12-25-8-6-21-14/h1,4-5,13-14,21H,2-3,6-12H2,(H,22,24). The number of hydrogen-bond acceptors (Lipinski definition) is 4. The summed E-state index contributed by atoms with van der Waals surface area (Å²) in [4.78, 5) is 14.3. The summed E-state index contributed by atoms with van der Waals surface area (Å²) < 4.78 is 27.7. The summed E-state index contributed by atoms with van der Waals surface area (Å²) in [5.41, 5.74) is 0.109. The van der Waals surface area contributed by atoms with E-state index in [0.717, 1.165) is 37.4 Å². The van der Waals surface area contributed by atoms with Crippen LogP contribution < -0.4 is 10.6 Å². The van der Waals surface area contributed by atoms with Crippen LogP contribution in [0.4, 0.5) is 8.78 Å². The molecule has 0 saturated carbocycles. The maximum Gasteiger partial charge on any atom is 0.221 e. The first-order valence-corrected chi connectivity index (χ1v) is 10.0. The Morgan fingerprint density at radius 1 is 1.36 bits per heavy atom. The molecular formula is C18H25F2N3OS. The second-order valence-corrected chi connectivity index (χ2v) is 7.92. The number of likely N-dealkylation sites (tertiary alicyclic amines) is 1. The number of benzene rings is 1. The van der Waals surface area contributed by atoms with E-state index in [1.54, 1.807) is 0 Å². The van der Waals surface area contributed by atoms with Crippen molar-refractivity contribution in [2.24, 2.45) is 0 Å². The highest BCUT2D eigenvalue weighted by Gasteiger charge is 2.24. The first-order chi connectivity index (χ1) is 12.1. The van der Waals surface area contributed by atoms with Gasteiger partial charge in [0, 0.05) is 55.2 Å². The zero-order chi connectivity index (χ0) is 17.6. The van der Waals surface area contributed by atoms with Gasteiger partial charge in [-0.2, -0.15) is 11.8 Å². The Kier molecular flexibility index (Phi) is 6.67. The molecule has 2 unspecified atom stereocenters. The Morgan fingerprint density at radius 2 is 2.16 bits per heavy atom. The van der Waals surface area contributed by atoms with Gasteiger partial charge in [-0.05, 0) is 31.5 Å². The van der Waals surface area contributed by atoms with Gasteiger partial charge in [-0.15, -0.1) is 0 Å². The van der Waals surface area contributed by atoms with Crippen LogP contribution in [0.2, 0.25) is 0 Å².